The summed E-state index contributed by atoms with van der Waals surface area (Å²) in [4.78, 5) is 65.4. The van der Waals surface area contributed by atoms with Crippen molar-refractivity contribution in [2.75, 3.05) is 39.3 Å². The monoisotopic (exact) mass is 655 g/mol. The number of carbonyl (C=O) groups excluding carboxylic acids is 4. The molecule has 10 nitrogen and oxygen atoms in total. The zero-order valence-electron chi connectivity index (χ0n) is 28.4. The number of piperidine rings is 1. The van der Waals surface area contributed by atoms with Gasteiger partial charge in [-0.15, -0.1) is 11.3 Å². The zero-order chi connectivity index (χ0) is 32.9. The summed E-state index contributed by atoms with van der Waals surface area (Å²) >= 11 is 1.29. The first-order valence-corrected chi connectivity index (χ1v) is 18.4. The molecule has 5 fully saturated rings. The van der Waals surface area contributed by atoms with Crippen LogP contribution in [0.5, 0.6) is 0 Å². The van der Waals surface area contributed by atoms with Crippen molar-refractivity contribution >= 4 is 35.0 Å². The quantitative estimate of drug-likeness (QED) is 0.424. The molecule has 0 radical (unpaired) electrons. The molecule has 5 aliphatic rings. The number of likely N-dealkylation sites (tertiary alicyclic amines) is 3. The van der Waals surface area contributed by atoms with Gasteiger partial charge in [0.2, 0.25) is 17.7 Å². The number of hydrogen-bond donors (Lipinski definition) is 1. The van der Waals surface area contributed by atoms with Crippen LogP contribution in [0.3, 0.4) is 0 Å². The molecule has 0 unspecified atom stereocenters. The molecule has 2 saturated carbocycles. The predicted octanol–water partition coefficient (Wildman–Crippen LogP) is 4.35. The Kier molecular flexibility index (Phi) is 9.30. The molecule has 1 aromatic rings. The number of ether oxygens (including phenoxy) is 1. The van der Waals surface area contributed by atoms with Gasteiger partial charge in [0.1, 0.15) is 10.9 Å². The van der Waals surface area contributed by atoms with Crippen LogP contribution in [0.1, 0.15) is 102 Å². The summed E-state index contributed by atoms with van der Waals surface area (Å²) in [6, 6.07) is -0.832. The summed E-state index contributed by atoms with van der Waals surface area (Å²) < 4.78 is 6.73. The van der Waals surface area contributed by atoms with Crippen LogP contribution in [-0.4, -0.2) is 100 Å². The Morgan fingerprint density at radius 1 is 0.957 bits per heavy atom. The summed E-state index contributed by atoms with van der Waals surface area (Å²) in [5, 5.41) is 3.18. The van der Waals surface area contributed by atoms with Crippen molar-refractivity contribution in [3.05, 3.63) is 16.6 Å². The van der Waals surface area contributed by atoms with Crippen molar-refractivity contribution in [1.29, 1.82) is 0 Å². The van der Waals surface area contributed by atoms with Gasteiger partial charge in [0.05, 0.1) is 29.3 Å². The minimum absolute atomic E-state index is 0.0179. The van der Waals surface area contributed by atoms with Gasteiger partial charge in [0.15, 0.2) is 0 Å². The molecule has 2 aliphatic carbocycles. The fourth-order valence-corrected chi connectivity index (χ4v) is 9.23. The second kappa shape index (κ2) is 12.8. The van der Waals surface area contributed by atoms with Crippen molar-refractivity contribution in [2.24, 2.45) is 28.6 Å². The van der Waals surface area contributed by atoms with Crippen LogP contribution in [-0.2, 0) is 19.1 Å². The summed E-state index contributed by atoms with van der Waals surface area (Å²) in [6.45, 7) is 13.3. The van der Waals surface area contributed by atoms with E-state index in [4.69, 9.17) is 4.74 Å². The number of thiazole rings is 1. The highest BCUT2D eigenvalue weighted by molar-refractivity contribution is 7.11. The number of aromatic nitrogens is 1. The van der Waals surface area contributed by atoms with E-state index in [1.54, 1.807) is 16.6 Å². The predicted molar refractivity (Wildman–Crippen MR) is 176 cm³/mol. The number of hydrogen-bond acceptors (Lipinski definition) is 7. The minimum atomic E-state index is -0.832. The number of amides is 4. The van der Waals surface area contributed by atoms with Crippen LogP contribution < -0.4 is 5.32 Å². The Bertz CT molecular complexity index is 1300. The fourth-order valence-electron chi connectivity index (χ4n) is 8.65. The minimum Gasteiger partial charge on any atom is -0.370 e. The van der Waals surface area contributed by atoms with Gasteiger partial charge in [-0.2, -0.15) is 0 Å². The Labute approximate surface area is 278 Å². The maximum absolute atomic E-state index is 14.4. The topological polar surface area (TPSA) is 112 Å². The van der Waals surface area contributed by atoms with Gasteiger partial charge in [-0.05, 0) is 70.6 Å². The van der Waals surface area contributed by atoms with Crippen LogP contribution in [0, 0.1) is 28.6 Å². The molecule has 1 aromatic heterocycles. The Hall–Kier alpha value is -2.53. The van der Waals surface area contributed by atoms with E-state index in [9.17, 15) is 19.2 Å². The van der Waals surface area contributed by atoms with Gasteiger partial charge in [0.25, 0.3) is 5.91 Å². The van der Waals surface area contributed by atoms with Crippen molar-refractivity contribution in [1.82, 2.24) is 25.0 Å². The highest BCUT2D eigenvalue weighted by Crippen LogP contribution is 2.54. The molecule has 1 N–H and O–H groups in total. The SMILES string of the molecule is C[C@@H](OC(C)(C)C1CCCCC1)[C@H](NC(=O)[C@@H]1CN(C(=O)c2cncs2)CC12CN(C(=O)[C@H]1CC1(C)C)C2)C(=O)N1CCCCC1. The van der Waals surface area contributed by atoms with Crippen LogP contribution in [0.4, 0.5) is 0 Å². The second-order valence-electron chi connectivity index (χ2n) is 16.0. The third-order valence-corrected chi connectivity index (χ3v) is 12.6. The lowest BCUT2D eigenvalue weighted by Crippen LogP contribution is -2.66. The average molecular weight is 656 g/mol. The van der Waals surface area contributed by atoms with E-state index in [1.807, 2.05) is 16.7 Å². The number of carbonyl (C=O) groups is 4. The smallest absolute Gasteiger partial charge is 0.265 e. The lowest BCUT2D eigenvalue weighted by molar-refractivity contribution is -0.157. The maximum atomic E-state index is 14.4. The van der Waals surface area contributed by atoms with E-state index in [0.717, 1.165) is 38.5 Å². The van der Waals surface area contributed by atoms with Crippen molar-refractivity contribution in [3.8, 4) is 0 Å². The molecule has 4 atom stereocenters. The highest BCUT2D eigenvalue weighted by Gasteiger charge is 2.62. The number of nitrogens with zero attached hydrogens (tertiary/aromatic N) is 4. The van der Waals surface area contributed by atoms with Crippen LogP contribution in [0.15, 0.2) is 11.7 Å². The van der Waals surface area contributed by atoms with E-state index < -0.39 is 29.1 Å². The summed E-state index contributed by atoms with van der Waals surface area (Å²) in [7, 11) is 0. The Balaban J connectivity index is 1.22. The molecule has 4 heterocycles. The largest absolute Gasteiger partial charge is 0.370 e. The van der Waals surface area contributed by atoms with E-state index in [2.05, 4.69) is 38.0 Å². The van der Waals surface area contributed by atoms with Crippen LogP contribution in [0.2, 0.25) is 0 Å². The van der Waals surface area contributed by atoms with E-state index in [1.165, 1.54) is 30.6 Å². The summed E-state index contributed by atoms with van der Waals surface area (Å²) in [6.07, 6.45) is 10.8. The molecule has 1 spiro atoms. The first kappa shape index (κ1) is 33.4. The fraction of sp³-hybridized carbons (Fsp3) is 0.800. The molecular weight excluding hydrogens is 602 g/mol. The number of rotatable bonds is 9. The molecule has 254 valence electrons. The maximum Gasteiger partial charge on any atom is 0.265 e. The van der Waals surface area contributed by atoms with Crippen molar-refractivity contribution < 1.29 is 23.9 Å². The normalized spacial score (nSPS) is 27.2. The van der Waals surface area contributed by atoms with Gasteiger partial charge < -0.3 is 24.8 Å². The standard InChI is InChI=1S/C35H53N5O5S/c1-23(45-34(4,5)24-12-8-6-9-13-24)28(32(44)38-14-10-7-11-15-38)37-29(41)26-18-39(31(43)27-17-36-22-46-27)19-35(26)20-40(21-35)30(42)25-16-33(25,2)3/h17,22-26,28H,6-16,18-21H2,1-5H3,(H,37,41)/t23-,25-,26+,28+/m1/s1. The van der Waals surface area contributed by atoms with Gasteiger partial charge in [-0.1, -0.05) is 33.1 Å². The molecule has 11 heteroatoms. The molecule has 0 aromatic carbocycles. The Morgan fingerprint density at radius 3 is 2.20 bits per heavy atom. The van der Waals surface area contributed by atoms with Crippen LogP contribution >= 0.6 is 11.3 Å². The van der Waals surface area contributed by atoms with Crippen LogP contribution in [0.25, 0.3) is 0 Å². The molecule has 0 bridgehead atoms. The first-order chi connectivity index (χ1) is 21.8. The first-order valence-electron chi connectivity index (χ1n) is 17.5. The molecule has 3 saturated heterocycles. The van der Waals surface area contributed by atoms with E-state index in [0.29, 0.717) is 43.5 Å². The van der Waals surface area contributed by atoms with Crippen molar-refractivity contribution in [3.63, 3.8) is 0 Å². The second-order valence-corrected chi connectivity index (χ2v) is 16.9. The summed E-state index contributed by atoms with van der Waals surface area (Å²) in [5.74, 6) is -0.444. The Morgan fingerprint density at radius 2 is 1.59 bits per heavy atom. The van der Waals surface area contributed by atoms with E-state index >= 15 is 0 Å². The van der Waals surface area contributed by atoms with Gasteiger partial charge >= 0.3 is 0 Å². The molecule has 46 heavy (non-hydrogen) atoms. The summed E-state index contributed by atoms with van der Waals surface area (Å²) in [5.41, 5.74) is 0.674. The average Bonchev–Trinajstić information content (AvgIpc) is 3.39. The molecule has 3 aliphatic heterocycles. The highest BCUT2D eigenvalue weighted by atomic mass is 32.1. The molecule has 6 rings (SSSR count). The lowest BCUT2D eigenvalue weighted by Gasteiger charge is -2.50. The third-order valence-electron chi connectivity index (χ3n) is 11.8. The molecule has 4 amide bonds. The third kappa shape index (κ3) is 6.60. The lowest BCUT2D eigenvalue weighted by atomic mass is 9.70. The number of nitrogens with one attached hydrogen (secondary N) is 1. The van der Waals surface area contributed by atoms with Crippen molar-refractivity contribution in [2.45, 2.75) is 110 Å². The van der Waals surface area contributed by atoms with Gasteiger partial charge in [-0.3, -0.25) is 24.2 Å². The van der Waals surface area contributed by atoms with Gasteiger partial charge in [-0.25, -0.2) is 0 Å². The molecular formula is C35H53N5O5S. The zero-order valence-corrected chi connectivity index (χ0v) is 29.2. The van der Waals surface area contributed by atoms with Gasteiger partial charge in [0, 0.05) is 50.6 Å². The van der Waals surface area contributed by atoms with E-state index in [-0.39, 0.29) is 41.5 Å².